The third-order valence-corrected chi connectivity index (χ3v) is 5.63. The lowest BCUT2D eigenvalue weighted by molar-refractivity contribution is 0.340. The molecule has 3 heterocycles. The van der Waals surface area contributed by atoms with E-state index in [4.69, 9.17) is 24.0 Å². The molecule has 1 atom stereocenters. The number of nitriles is 1. The van der Waals surface area contributed by atoms with E-state index in [0.717, 1.165) is 16.9 Å². The van der Waals surface area contributed by atoms with Crippen LogP contribution in [0.1, 0.15) is 36.6 Å². The summed E-state index contributed by atoms with van der Waals surface area (Å²) in [6.45, 7) is 4.90. The Balaban J connectivity index is 1.73. The molecule has 0 saturated heterocycles. The molecule has 5 rings (SSSR count). The SMILES string of the molecule is CCOc1ccc(/C=c2\c(=O)oc3n2-c2oc(N)nc2[C@@H](c2ccc(OCC)cc2)C=3C#N)cc1. The van der Waals surface area contributed by atoms with E-state index < -0.39 is 11.5 Å². The fourth-order valence-corrected chi connectivity index (χ4v) is 4.18. The number of nitrogens with two attached hydrogens (primary N) is 1. The number of rotatable bonds is 6. The van der Waals surface area contributed by atoms with Gasteiger partial charge in [-0.05, 0) is 55.3 Å². The zero-order valence-corrected chi connectivity index (χ0v) is 19.1. The van der Waals surface area contributed by atoms with Crippen LogP contribution in [-0.4, -0.2) is 22.8 Å². The van der Waals surface area contributed by atoms with Crippen molar-refractivity contribution in [3.63, 3.8) is 0 Å². The lowest BCUT2D eigenvalue weighted by Gasteiger charge is -2.19. The maximum absolute atomic E-state index is 12.9. The Hall–Kier alpha value is -4.71. The van der Waals surface area contributed by atoms with Gasteiger partial charge in [-0.1, -0.05) is 24.3 Å². The summed E-state index contributed by atoms with van der Waals surface area (Å²) in [5, 5.41) is 10.3. The van der Waals surface area contributed by atoms with Gasteiger partial charge in [0.15, 0.2) is 0 Å². The van der Waals surface area contributed by atoms with Crippen LogP contribution in [0.2, 0.25) is 0 Å². The van der Waals surface area contributed by atoms with Crippen LogP contribution in [0.15, 0.2) is 62.2 Å². The number of benzene rings is 2. The van der Waals surface area contributed by atoms with Crippen molar-refractivity contribution in [1.29, 1.82) is 5.26 Å². The highest BCUT2D eigenvalue weighted by molar-refractivity contribution is 5.73. The molecule has 0 amide bonds. The van der Waals surface area contributed by atoms with Crippen molar-refractivity contribution in [3.8, 4) is 23.5 Å². The first-order valence-electron chi connectivity index (χ1n) is 11.1. The Labute approximate surface area is 199 Å². The Morgan fingerprint density at radius 3 is 2.29 bits per heavy atom. The maximum atomic E-state index is 12.9. The Bertz CT molecular complexity index is 1600. The molecule has 1 aliphatic rings. The van der Waals surface area contributed by atoms with Crippen molar-refractivity contribution in [2.24, 2.45) is 0 Å². The molecule has 9 heteroatoms. The Morgan fingerprint density at radius 1 is 1.06 bits per heavy atom. The Kier molecular flexibility index (Phi) is 5.63. The standard InChI is InChI=1S/C26H22N4O5/c1-3-32-17-9-5-15(6-10-17)13-20-25(31)34-23-19(14-27)21(16-7-11-18(12-8-16)33-4-2)22-24(30(20)23)35-26(28)29-22/h5-13,21H,3-4H2,1-2H3,(H2,28,29)/b20-13+/t21-/m0/s1. The monoisotopic (exact) mass is 470 g/mol. The normalized spacial score (nSPS) is 14.8. The predicted molar refractivity (Wildman–Crippen MR) is 128 cm³/mol. The van der Waals surface area contributed by atoms with Crippen LogP contribution in [0.5, 0.6) is 11.5 Å². The smallest absolute Gasteiger partial charge is 0.362 e. The molecule has 1 aliphatic heterocycles. The second-order valence-electron chi connectivity index (χ2n) is 7.76. The van der Waals surface area contributed by atoms with E-state index in [-0.39, 0.29) is 28.4 Å². The van der Waals surface area contributed by atoms with Gasteiger partial charge in [0.1, 0.15) is 34.2 Å². The molecular weight excluding hydrogens is 448 g/mol. The number of ether oxygens (including phenoxy) is 2. The van der Waals surface area contributed by atoms with Gasteiger partial charge in [-0.3, -0.25) is 0 Å². The zero-order valence-electron chi connectivity index (χ0n) is 19.1. The molecule has 2 aromatic heterocycles. The molecule has 176 valence electrons. The fraction of sp³-hybridized carbons (Fsp3) is 0.192. The number of nitrogens with zero attached hydrogens (tertiary/aromatic N) is 3. The summed E-state index contributed by atoms with van der Waals surface area (Å²) < 4.78 is 23.8. The molecular formula is C26H22N4O5. The number of hydrogen-bond acceptors (Lipinski definition) is 8. The van der Waals surface area contributed by atoms with Crippen LogP contribution in [0, 0.1) is 11.3 Å². The quantitative estimate of drug-likeness (QED) is 0.455. The summed E-state index contributed by atoms with van der Waals surface area (Å²) in [7, 11) is 0. The van der Waals surface area contributed by atoms with Gasteiger partial charge < -0.3 is 24.0 Å². The van der Waals surface area contributed by atoms with Crippen LogP contribution in [0.3, 0.4) is 0 Å². The van der Waals surface area contributed by atoms with Crippen LogP contribution in [0.4, 0.5) is 6.01 Å². The van der Waals surface area contributed by atoms with E-state index in [1.54, 1.807) is 6.08 Å². The van der Waals surface area contributed by atoms with Crippen molar-refractivity contribution < 1.29 is 18.3 Å². The van der Waals surface area contributed by atoms with Gasteiger partial charge in [0, 0.05) is 0 Å². The van der Waals surface area contributed by atoms with Crippen LogP contribution >= 0.6 is 0 Å². The highest BCUT2D eigenvalue weighted by Gasteiger charge is 2.36. The van der Waals surface area contributed by atoms with E-state index in [1.165, 1.54) is 4.57 Å². The fourth-order valence-electron chi connectivity index (χ4n) is 4.18. The minimum atomic E-state index is -0.629. The average molecular weight is 470 g/mol. The maximum Gasteiger partial charge on any atom is 0.362 e. The number of hydrogen-bond donors (Lipinski definition) is 1. The van der Waals surface area contributed by atoms with Gasteiger partial charge in [-0.25, -0.2) is 9.36 Å². The first-order valence-corrected chi connectivity index (χ1v) is 11.1. The van der Waals surface area contributed by atoms with E-state index in [2.05, 4.69) is 11.1 Å². The molecule has 9 nitrogen and oxygen atoms in total. The minimum Gasteiger partial charge on any atom is -0.494 e. The molecule has 0 radical (unpaired) electrons. The van der Waals surface area contributed by atoms with Gasteiger partial charge >= 0.3 is 5.63 Å². The minimum absolute atomic E-state index is 0.0794. The Morgan fingerprint density at radius 2 is 1.69 bits per heavy atom. The highest BCUT2D eigenvalue weighted by Crippen LogP contribution is 2.38. The molecule has 0 saturated carbocycles. The molecule has 2 N–H and O–H groups in total. The van der Waals surface area contributed by atoms with Crippen molar-refractivity contribution in [1.82, 2.24) is 9.55 Å². The molecule has 35 heavy (non-hydrogen) atoms. The summed E-state index contributed by atoms with van der Waals surface area (Å²) in [6.07, 6.45) is 1.65. The van der Waals surface area contributed by atoms with Crippen molar-refractivity contribution in [2.75, 3.05) is 18.9 Å². The van der Waals surface area contributed by atoms with E-state index in [0.29, 0.717) is 24.7 Å². The van der Waals surface area contributed by atoms with Crippen molar-refractivity contribution >= 4 is 17.7 Å². The topological polar surface area (TPSA) is 129 Å². The first-order chi connectivity index (χ1) is 17.0. The van der Waals surface area contributed by atoms with E-state index in [9.17, 15) is 10.1 Å². The zero-order chi connectivity index (χ0) is 24.5. The first kappa shape index (κ1) is 22.1. The number of nitrogen functional groups attached to an aromatic ring is 1. The van der Waals surface area contributed by atoms with Gasteiger partial charge in [-0.2, -0.15) is 10.2 Å². The lowest BCUT2D eigenvalue weighted by atomic mass is 9.87. The number of aromatic nitrogens is 2. The third-order valence-electron chi connectivity index (χ3n) is 5.63. The summed E-state index contributed by atoms with van der Waals surface area (Å²) in [4.78, 5) is 17.3. The molecule has 0 aliphatic carbocycles. The molecule has 4 aromatic rings. The van der Waals surface area contributed by atoms with E-state index >= 15 is 0 Å². The molecule has 0 spiro atoms. The largest absolute Gasteiger partial charge is 0.494 e. The second kappa shape index (κ2) is 8.91. The molecule has 0 bridgehead atoms. The summed E-state index contributed by atoms with van der Waals surface area (Å²) >= 11 is 0. The number of fused-ring (bicyclic) bond motifs is 3. The van der Waals surface area contributed by atoms with Crippen LogP contribution in [0.25, 0.3) is 17.5 Å². The van der Waals surface area contributed by atoms with Gasteiger partial charge in [0.2, 0.25) is 11.4 Å². The third kappa shape index (κ3) is 3.85. The predicted octanol–water partition coefficient (Wildman–Crippen LogP) is 2.45. The van der Waals surface area contributed by atoms with E-state index in [1.807, 2.05) is 62.4 Å². The van der Waals surface area contributed by atoms with Crippen LogP contribution in [-0.2, 0) is 0 Å². The summed E-state index contributed by atoms with van der Waals surface area (Å²) in [5.41, 5.74) is 7.52. The van der Waals surface area contributed by atoms with Crippen LogP contribution < -0.4 is 31.7 Å². The molecule has 0 unspecified atom stereocenters. The van der Waals surface area contributed by atoms with Gasteiger partial charge in [-0.15, -0.1) is 0 Å². The van der Waals surface area contributed by atoms with Crippen molar-refractivity contribution in [2.45, 2.75) is 19.8 Å². The molecule has 0 fully saturated rings. The van der Waals surface area contributed by atoms with Gasteiger partial charge in [0.25, 0.3) is 6.01 Å². The van der Waals surface area contributed by atoms with Crippen molar-refractivity contribution in [3.05, 3.63) is 86.7 Å². The average Bonchev–Trinajstić information content (AvgIpc) is 3.39. The number of anilines is 1. The van der Waals surface area contributed by atoms with Gasteiger partial charge in [0.05, 0.1) is 19.1 Å². The molecule has 2 aromatic carbocycles. The summed E-state index contributed by atoms with van der Waals surface area (Å²) in [5.74, 6) is 1.03. The summed E-state index contributed by atoms with van der Waals surface area (Å²) in [6, 6.07) is 16.7. The highest BCUT2D eigenvalue weighted by atomic mass is 16.5. The lowest BCUT2D eigenvalue weighted by Crippen LogP contribution is -2.35. The second-order valence-corrected chi connectivity index (χ2v) is 7.76. The number of oxazole rings is 2.